The average molecular weight is 175 g/mol. The second kappa shape index (κ2) is 8.49. The van der Waals surface area contributed by atoms with Crippen molar-refractivity contribution in [1.82, 2.24) is 0 Å². The number of ether oxygens (including phenoxy) is 2. The van der Waals surface area contributed by atoms with Gasteiger partial charge in [0.1, 0.15) is 0 Å². The second-order valence-electron chi connectivity index (χ2n) is 2.44. The summed E-state index contributed by atoms with van der Waals surface area (Å²) in [4.78, 5) is 10.2. The van der Waals surface area contributed by atoms with Gasteiger partial charge in [-0.15, -0.1) is 0 Å². The van der Waals surface area contributed by atoms with Crippen LogP contribution in [-0.4, -0.2) is 32.3 Å². The predicted molar refractivity (Wildman–Crippen MR) is 45.7 cm³/mol. The Kier molecular flexibility index (Phi) is 8.05. The molecule has 4 nitrogen and oxygen atoms in total. The summed E-state index contributed by atoms with van der Waals surface area (Å²) >= 11 is 0. The van der Waals surface area contributed by atoms with Crippen molar-refractivity contribution >= 4 is 5.91 Å². The van der Waals surface area contributed by atoms with Crippen molar-refractivity contribution < 1.29 is 14.3 Å². The quantitative estimate of drug-likeness (QED) is 0.540. The predicted octanol–water partition coefficient (Wildman–Crippen LogP) is 0.305. The summed E-state index contributed by atoms with van der Waals surface area (Å²) in [6.45, 7) is 4.33. The SMILES string of the molecule is CCCOCCOCCC(N)=O. The normalized spacial score (nSPS) is 10.1. The van der Waals surface area contributed by atoms with E-state index in [2.05, 4.69) is 0 Å². The topological polar surface area (TPSA) is 61.6 Å². The van der Waals surface area contributed by atoms with Crippen LogP contribution in [0.15, 0.2) is 0 Å². The minimum Gasteiger partial charge on any atom is -0.379 e. The van der Waals surface area contributed by atoms with Gasteiger partial charge in [0.25, 0.3) is 0 Å². The van der Waals surface area contributed by atoms with E-state index in [-0.39, 0.29) is 12.3 Å². The smallest absolute Gasteiger partial charge is 0.219 e. The highest BCUT2D eigenvalue weighted by Gasteiger charge is 1.93. The van der Waals surface area contributed by atoms with Crippen LogP contribution in [0.1, 0.15) is 19.8 Å². The van der Waals surface area contributed by atoms with Crippen LogP contribution in [0.25, 0.3) is 0 Å². The van der Waals surface area contributed by atoms with Crippen LogP contribution in [0.2, 0.25) is 0 Å². The van der Waals surface area contributed by atoms with Gasteiger partial charge in [-0.2, -0.15) is 0 Å². The molecule has 0 saturated heterocycles. The Morgan fingerprint density at radius 3 is 2.25 bits per heavy atom. The van der Waals surface area contributed by atoms with Gasteiger partial charge in [0.15, 0.2) is 0 Å². The summed E-state index contributed by atoms with van der Waals surface area (Å²) in [6.07, 6.45) is 1.30. The number of nitrogens with two attached hydrogens (primary N) is 1. The molecule has 0 radical (unpaired) electrons. The molecule has 0 spiro atoms. The number of rotatable bonds is 8. The molecule has 0 aromatic rings. The lowest BCUT2D eigenvalue weighted by molar-refractivity contribution is -0.119. The van der Waals surface area contributed by atoms with Crippen molar-refractivity contribution in [1.29, 1.82) is 0 Å². The number of hydrogen-bond acceptors (Lipinski definition) is 3. The van der Waals surface area contributed by atoms with Crippen molar-refractivity contribution in [2.24, 2.45) is 5.73 Å². The summed E-state index contributed by atoms with van der Waals surface area (Å²) < 4.78 is 10.2. The number of carbonyl (C=O) groups is 1. The van der Waals surface area contributed by atoms with Crippen LogP contribution in [0.5, 0.6) is 0 Å². The Balaban J connectivity index is 2.86. The van der Waals surface area contributed by atoms with Crippen LogP contribution in [0.3, 0.4) is 0 Å². The molecule has 0 unspecified atom stereocenters. The molecule has 0 saturated carbocycles. The van der Waals surface area contributed by atoms with Gasteiger partial charge in [-0.25, -0.2) is 0 Å². The van der Waals surface area contributed by atoms with Gasteiger partial charge < -0.3 is 15.2 Å². The molecule has 0 fully saturated rings. The zero-order chi connectivity index (χ0) is 9.23. The van der Waals surface area contributed by atoms with Gasteiger partial charge in [-0.05, 0) is 6.42 Å². The van der Waals surface area contributed by atoms with Crippen LogP contribution in [0, 0.1) is 0 Å². The molecule has 0 atom stereocenters. The molecule has 0 bridgehead atoms. The first kappa shape index (κ1) is 11.4. The minimum atomic E-state index is -0.329. The summed E-state index contributed by atoms with van der Waals surface area (Å²) in [6, 6.07) is 0. The molecule has 0 aliphatic carbocycles. The highest BCUT2D eigenvalue weighted by molar-refractivity contribution is 5.73. The largest absolute Gasteiger partial charge is 0.379 e. The summed E-state index contributed by atoms with van der Waals surface area (Å²) in [5.74, 6) is -0.329. The maximum absolute atomic E-state index is 10.2. The zero-order valence-corrected chi connectivity index (χ0v) is 7.54. The third kappa shape index (κ3) is 9.39. The van der Waals surface area contributed by atoms with Crippen LogP contribution < -0.4 is 5.73 Å². The van der Waals surface area contributed by atoms with Crippen molar-refractivity contribution in [3.05, 3.63) is 0 Å². The van der Waals surface area contributed by atoms with Gasteiger partial charge in [-0.1, -0.05) is 6.92 Å². The van der Waals surface area contributed by atoms with E-state index in [1.54, 1.807) is 0 Å². The van der Waals surface area contributed by atoms with Gasteiger partial charge in [0.2, 0.25) is 5.91 Å². The second-order valence-corrected chi connectivity index (χ2v) is 2.44. The standard InChI is InChI=1S/C8H17NO3/c1-2-4-11-6-7-12-5-3-8(9)10/h2-7H2,1H3,(H2,9,10). The van der Waals surface area contributed by atoms with E-state index in [4.69, 9.17) is 15.2 Å². The van der Waals surface area contributed by atoms with Gasteiger partial charge in [-0.3, -0.25) is 4.79 Å². The summed E-state index contributed by atoms with van der Waals surface area (Å²) in [5.41, 5.74) is 4.90. The zero-order valence-electron chi connectivity index (χ0n) is 7.54. The monoisotopic (exact) mass is 175 g/mol. The third-order valence-corrected chi connectivity index (χ3v) is 1.21. The van der Waals surface area contributed by atoms with E-state index in [1.165, 1.54) is 0 Å². The fourth-order valence-corrected chi connectivity index (χ4v) is 0.639. The highest BCUT2D eigenvalue weighted by atomic mass is 16.5. The summed E-state index contributed by atoms with van der Waals surface area (Å²) in [5, 5.41) is 0. The van der Waals surface area contributed by atoms with Gasteiger partial charge in [0.05, 0.1) is 19.8 Å². The minimum absolute atomic E-state index is 0.285. The molecular formula is C8H17NO3. The molecule has 0 rings (SSSR count). The Morgan fingerprint density at radius 1 is 1.17 bits per heavy atom. The molecule has 0 aromatic heterocycles. The Labute approximate surface area is 73.0 Å². The van der Waals surface area contributed by atoms with Gasteiger partial charge in [0, 0.05) is 13.0 Å². The molecule has 1 amide bonds. The van der Waals surface area contributed by atoms with E-state index in [1.807, 2.05) is 6.92 Å². The Morgan fingerprint density at radius 2 is 1.75 bits per heavy atom. The number of hydrogen-bond donors (Lipinski definition) is 1. The average Bonchev–Trinajstić information content (AvgIpc) is 2.02. The molecule has 0 aromatic carbocycles. The Bertz CT molecular complexity index is 117. The maximum atomic E-state index is 10.2. The van der Waals surface area contributed by atoms with Crippen molar-refractivity contribution in [2.75, 3.05) is 26.4 Å². The van der Waals surface area contributed by atoms with E-state index in [0.29, 0.717) is 19.8 Å². The third-order valence-electron chi connectivity index (χ3n) is 1.21. The van der Waals surface area contributed by atoms with Crippen LogP contribution in [0.4, 0.5) is 0 Å². The lowest BCUT2D eigenvalue weighted by Gasteiger charge is -2.02. The Hall–Kier alpha value is -0.610. The molecule has 0 aliphatic heterocycles. The fraction of sp³-hybridized carbons (Fsp3) is 0.875. The molecule has 2 N–H and O–H groups in total. The lowest BCUT2D eigenvalue weighted by Crippen LogP contribution is -2.14. The first-order valence-corrected chi connectivity index (χ1v) is 4.21. The van der Waals surface area contributed by atoms with E-state index >= 15 is 0 Å². The first-order valence-electron chi connectivity index (χ1n) is 4.21. The van der Waals surface area contributed by atoms with Crippen LogP contribution >= 0.6 is 0 Å². The molecule has 12 heavy (non-hydrogen) atoms. The van der Waals surface area contributed by atoms with Crippen LogP contribution in [-0.2, 0) is 14.3 Å². The highest BCUT2D eigenvalue weighted by Crippen LogP contribution is 1.84. The number of carbonyl (C=O) groups excluding carboxylic acids is 1. The molecule has 0 heterocycles. The van der Waals surface area contributed by atoms with Gasteiger partial charge >= 0.3 is 0 Å². The van der Waals surface area contributed by atoms with E-state index in [9.17, 15) is 4.79 Å². The van der Waals surface area contributed by atoms with Crippen molar-refractivity contribution in [3.8, 4) is 0 Å². The number of primary amides is 1. The summed E-state index contributed by atoms with van der Waals surface area (Å²) in [7, 11) is 0. The molecular weight excluding hydrogens is 158 g/mol. The number of amides is 1. The molecule has 0 aliphatic rings. The van der Waals surface area contributed by atoms with Crippen molar-refractivity contribution in [3.63, 3.8) is 0 Å². The van der Waals surface area contributed by atoms with E-state index in [0.717, 1.165) is 13.0 Å². The molecule has 4 heteroatoms. The maximum Gasteiger partial charge on any atom is 0.219 e. The molecule has 72 valence electrons. The van der Waals surface area contributed by atoms with Crippen molar-refractivity contribution in [2.45, 2.75) is 19.8 Å². The first-order chi connectivity index (χ1) is 5.77. The van der Waals surface area contributed by atoms with E-state index < -0.39 is 0 Å². The fourth-order valence-electron chi connectivity index (χ4n) is 0.639. The lowest BCUT2D eigenvalue weighted by atomic mass is 10.4.